The average molecular weight is 240 g/mol. The van der Waals surface area contributed by atoms with Crippen molar-refractivity contribution in [2.45, 2.75) is 16.6 Å². The molecule has 0 radical (unpaired) electrons. The lowest BCUT2D eigenvalue weighted by Crippen LogP contribution is -2.49. The van der Waals surface area contributed by atoms with Crippen LogP contribution in [-0.2, 0) is 4.74 Å². The molecule has 0 aromatic heterocycles. The molecule has 88 valence electrons. The summed E-state index contributed by atoms with van der Waals surface area (Å²) < 4.78 is 10.2. The van der Waals surface area contributed by atoms with E-state index in [1.807, 2.05) is 19.1 Å². The van der Waals surface area contributed by atoms with Gasteiger partial charge in [-0.15, -0.1) is 11.8 Å². The smallest absolute Gasteiger partial charge is 0.121 e. The van der Waals surface area contributed by atoms with Gasteiger partial charge in [0.1, 0.15) is 5.75 Å². The summed E-state index contributed by atoms with van der Waals surface area (Å²) in [5.41, 5.74) is 1.11. The fourth-order valence-corrected chi connectivity index (χ4v) is 2.90. The number of ether oxygens (including phenoxy) is 2. The quantitative estimate of drug-likeness (QED) is 0.872. The number of aliphatic hydroxyl groups excluding tert-OH is 1. The molecule has 0 unspecified atom stereocenters. The van der Waals surface area contributed by atoms with Crippen LogP contribution in [0.2, 0.25) is 0 Å². The first-order valence-corrected chi connectivity index (χ1v) is 6.03. The van der Waals surface area contributed by atoms with Gasteiger partial charge < -0.3 is 14.6 Å². The number of methoxy groups -OCH3 is 1. The van der Waals surface area contributed by atoms with Gasteiger partial charge in [-0.05, 0) is 30.7 Å². The fourth-order valence-electron chi connectivity index (χ4n) is 1.68. The number of aliphatic hydroxyl groups is 1. The molecule has 0 atom stereocenters. The van der Waals surface area contributed by atoms with Gasteiger partial charge in [0.15, 0.2) is 0 Å². The summed E-state index contributed by atoms with van der Waals surface area (Å²) in [6.45, 7) is 3.42. The van der Waals surface area contributed by atoms with Gasteiger partial charge in [-0.3, -0.25) is 0 Å². The Hall–Kier alpha value is -0.710. The first-order chi connectivity index (χ1) is 7.69. The minimum atomic E-state index is -0.138. The van der Waals surface area contributed by atoms with Crippen LogP contribution in [0.15, 0.2) is 23.1 Å². The van der Waals surface area contributed by atoms with Crippen molar-refractivity contribution >= 4 is 11.8 Å². The lowest BCUT2D eigenvalue weighted by atomic mass is 10.1. The molecule has 1 N–H and O–H groups in total. The Bertz CT molecular complexity index is 369. The molecule has 0 amide bonds. The molecule has 2 rings (SSSR count). The van der Waals surface area contributed by atoms with Crippen LogP contribution < -0.4 is 4.74 Å². The van der Waals surface area contributed by atoms with E-state index in [-0.39, 0.29) is 11.4 Å². The van der Waals surface area contributed by atoms with E-state index in [1.54, 1.807) is 18.9 Å². The van der Waals surface area contributed by atoms with Crippen molar-refractivity contribution < 1.29 is 14.6 Å². The largest absolute Gasteiger partial charge is 0.496 e. The highest BCUT2D eigenvalue weighted by atomic mass is 32.2. The van der Waals surface area contributed by atoms with E-state index in [4.69, 9.17) is 9.47 Å². The van der Waals surface area contributed by atoms with Crippen molar-refractivity contribution in [3.05, 3.63) is 23.8 Å². The zero-order valence-corrected chi connectivity index (χ0v) is 10.3. The predicted molar refractivity (Wildman–Crippen MR) is 64.2 cm³/mol. The zero-order valence-electron chi connectivity index (χ0n) is 9.53. The summed E-state index contributed by atoms with van der Waals surface area (Å²) in [6.07, 6.45) is 0. The highest BCUT2D eigenvalue weighted by molar-refractivity contribution is 8.00. The summed E-state index contributed by atoms with van der Waals surface area (Å²) in [7, 11) is 1.67. The summed E-state index contributed by atoms with van der Waals surface area (Å²) in [6, 6.07) is 6.06. The average Bonchev–Trinajstić information content (AvgIpc) is 2.24. The highest BCUT2D eigenvalue weighted by Gasteiger charge is 2.39. The van der Waals surface area contributed by atoms with Gasteiger partial charge in [0.05, 0.1) is 31.7 Å². The molecule has 0 bridgehead atoms. The number of hydrogen-bond donors (Lipinski definition) is 1. The monoisotopic (exact) mass is 240 g/mol. The van der Waals surface area contributed by atoms with E-state index >= 15 is 0 Å². The Labute approximate surface area is 99.8 Å². The van der Waals surface area contributed by atoms with Crippen LogP contribution in [0.4, 0.5) is 0 Å². The number of thioether (sulfide) groups is 1. The van der Waals surface area contributed by atoms with Gasteiger partial charge in [-0.25, -0.2) is 0 Å². The maximum atomic E-state index is 9.34. The van der Waals surface area contributed by atoms with Crippen molar-refractivity contribution in [1.29, 1.82) is 0 Å². The van der Waals surface area contributed by atoms with Gasteiger partial charge in [-0.2, -0.15) is 0 Å². The second-order valence-corrected chi connectivity index (χ2v) is 5.61. The van der Waals surface area contributed by atoms with Crippen molar-refractivity contribution in [2.75, 3.05) is 26.9 Å². The van der Waals surface area contributed by atoms with Crippen molar-refractivity contribution in [3.63, 3.8) is 0 Å². The van der Waals surface area contributed by atoms with Crippen LogP contribution in [0, 0.1) is 6.92 Å². The number of rotatable bonds is 4. The molecule has 4 heteroatoms. The van der Waals surface area contributed by atoms with Crippen LogP contribution >= 0.6 is 11.8 Å². The van der Waals surface area contributed by atoms with Gasteiger partial charge in [-0.1, -0.05) is 0 Å². The summed E-state index contributed by atoms with van der Waals surface area (Å²) in [4.78, 5) is 1.15. The van der Waals surface area contributed by atoms with Gasteiger partial charge >= 0.3 is 0 Å². The van der Waals surface area contributed by atoms with E-state index in [0.29, 0.717) is 13.2 Å². The van der Waals surface area contributed by atoms with E-state index < -0.39 is 0 Å². The zero-order chi connectivity index (χ0) is 11.6. The lowest BCUT2D eigenvalue weighted by molar-refractivity contribution is -0.0318. The Kier molecular flexibility index (Phi) is 3.42. The van der Waals surface area contributed by atoms with Crippen molar-refractivity contribution in [3.8, 4) is 5.75 Å². The van der Waals surface area contributed by atoms with E-state index in [2.05, 4.69) is 6.07 Å². The van der Waals surface area contributed by atoms with Crippen LogP contribution in [0.25, 0.3) is 0 Å². The van der Waals surface area contributed by atoms with Gasteiger partial charge in [0.2, 0.25) is 0 Å². The SMILES string of the molecule is COc1ccc(SC2(CO)COC2)cc1C. The molecule has 0 aliphatic carbocycles. The molecule has 3 nitrogen and oxygen atoms in total. The Balaban J connectivity index is 2.13. The van der Waals surface area contributed by atoms with Crippen molar-refractivity contribution in [1.82, 2.24) is 0 Å². The second-order valence-electron chi connectivity index (χ2n) is 4.07. The molecule has 0 saturated carbocycles. The highest BCUT2D eigenvalue weighted by Crippen LogP contribution is 2.39. The normalized spacial score (nSPS) is 17.9. The predicted octanol–water partition coefficient (Wildman–Crippen LogP) is 1.86. The van der Waals surface area contributed by atoms with Gasteiger partial charge in [0, 0.05) is 4.90 Å². The maximum Gasteiger partial charge on any atom is 0.121 e. The number of aryl methyl sites for hydroxylation is 1. The molecule has 1 aromatic rings. The first-order valence-electron chi connectivity index (χ1n) is 5.21. The summed E-state index contributed by atoms with van der Waals surface area (Å²) in [5.74, 6) is 0.896. The van der Waals surface area contributed by atoms with Crippen LogP contribution in [0.1, 0.15) is 5.56 Å². The third-order valence-corrected chi connectivity index (χ3v) is 4.01. The molecule has 1 saturated heterocycles. The maximum absolute atomic E-state index is 9.34. The third-order valence-electron chi connectivity index (χ3n) is 2.72. The number of benzene rings is 1. The molecule has 1 aliphatic heterocycles. The Morgan fingerprint density at radius 1 is 1.50 bits per heavy atom. The minimum absolute atomic E-state index is 0.138. The molecule has 16 heavy (non-hydrogen) atoms. The van der Waals surface area contributed by atoms with Crippen LogP contribution in [-0.4, -0.2) is 36.8 Å². The summed E-state index contributed by atoms with van der Waals surface area (Å²) in [5, 5.41) is 9.34. The van der Waals surface area contributed by atoms with Crippen LogP contribution in [0.5, 0.6) is 5.75 Å². The third kappa shape index (κ3) is 2.19. The Morgan fingerprint density at radius 3 is 2.69 bits per heavy atom. The molecule has 1 aliphatic rings. The molecule has 1 aromatic carbocycles. The topological polar surface area (TPSA) is 38.7 Å². The minimum Gasteiger partial charge on any atom is -0.496 e. The molecule has 1 fully saturated rings. The molecule has 1 heterocycles. The number of hydrogen-bond acceptors (Lipinski definition) is 4. The van der Waals surface area contributed by atoms with E-state index in [9.17, 15) is 5.11 Å². The molecule has 0 spiro atoms. The molecular formula is C12H16O3S. The van der Waals surface area contributed by atoms with Crippen LogP contribution in [0.3, 0.4) is 0 Å². The van der Waals surface area contributed by atoms with E-state index in [1.165, 1.54) is 0 Å². The Morgan fingerprint density at radius 2 is 2.25 bits per heavy atom. The van der Waals surface area contributed by atoms with Gasteiger partial charge in [0.25, 0.3) is 0 Å². The first kappa shape index (κ1) is 11.8. The molecular weight excluding hydrogens is 224 g/mol. The second kappa shape index (κ2) is 4.65. The lowest BCUT2D eigenvalue weighted by Gasteiger charge is -2.39. The fraction of sp³-hybridized carbons (Fsp3) is 0.500. The standard InChI is InChI=1S/C12H16O3S/c1-9-5-10(3-4-11(9)14-2)16-12(6-13)7-15-8-12/h3-5,13H,6-8H2,1-2H3. The summed E-state index contributed by atoms with van der Waals surface area (Å²) >= 11 is 1.68. The van der Waals surface area contributed by atoms with E-state index in [0.717, 1.165) is 16.2 Å². The van der Waals surface area contributed by atoms with Crippen molar-refractivity contribution in [2.24, 2.45) is 0 Å².